The third kappa shape index (κ3) is 2.71. The van der Waals surface area contributed by atoms with Gasteiger partial charge in [0, 0.05) is 21.7 Å². The van der Waals surface area contributed by atoms with E-state index in [4.69, 9.17) is 0 Å². The SMILES string of the molecule is N#CC1(C#N)C(c2cccs2)C(C(=O)c2ccccc2)N2c3ccc4ccccc4c3C=CC21. The van der Waals surface area contributed by atoms with Crippen molar-refractivity contribution in [2.45, 2.75) is 18.0 Å². The lowest BCUT2D eigenvalue weighted by atomic mass is 9.71. The van der Waals surface area contributed by atoms with Gasteiger partial charge < -0.3 is 4.90 Å². The van der Waals surface area contributed by atoms with Gasteiger partial charge in [0.15, 0.2) is 11.2 Å². The molecular weight excluding hydrogens is 438 g/mol. The van der Waals surface area contributed by atoms with Crippen LogP contribution in [0.1, 0.15) is 26.7 Å². The van der Waals surface area contributed by atoms with Crippen LogP contribution in [-0.4, -0.2) is 17.9 Å². The molecule has 3 unspecified atom stereocenters. The molecule has 0 saturated carbocycles. The van der Waals surface area contributed by atoms with Gasteiger partial charge in [-0.25, -0.2) is 0 Å². The van der Waals surface area contributed by atoms with E-state index in [1.165, 1.54) is 11.3 Å². The van der Waals surface area contributed by atoms with Crippen LogP contribution in [0.5, 0.6) is 0 Å². The van der Waals surface area contributed by atoms with Crippen LogP contribution in [0.4, 0.5) is 5.69 Å². The molecule has 0 radical (unpaired) electrons. The lowest BCUT2D eigenvalue weighted by molar-refractivity contribution is 0.0951. The van der Waals surface area contributed by atoms with Crippen molar-refractivity contribution in [3.63, 3.8) is 0 Å². The molecule has 0 N–H and O–H groups in total. The molecule has 2 aliphatic heterocycles. The first kappa shape index (κ1) is 20.4. The van der Waals surface area contributed by atoms with Gasteiger partial charge in [0.2, 0.25) is 0 Å². The molecule has 2 aliphatic rings. The van der Waals surface area contributed by atoms with Crippen molar-refractivity contribution in [3.05, 3.63) is 106 Å². The van der Waals surface area contributed by atoms with E-state index in [0.717, 1.165) is 26.9 Å². The minimum atomic E-state index is -1.40. The van der Waals surface area contributed by atoms with Crippen molar-refractivity contribution in [2.75, 3.05) is 4.90 Å². The van der Waals surface area contributed by atoms with Crippen LogP contribution in [0, 0.1) is 28.1 Å². The third-order valence-electron chi connectivity index (χ3n) is 7.09. The van der Waals surface area contributed by atoms with E-state index in [2.05, 4.69) is 24.3 Å². The van der Waals surface area contributed by atoms with Crippen LogP contribution in [-0.2, 0) is 0 Å². The normalized spacial score (nSPS) is 21.9. The van der Waals surface area contributed by atoms with Gasteiger partial charge in [-0.2, -0.15) is 10.5 Å². The average Bonchev–Trinajstić information content (AvgIpc) is 3.53. The topological polar surface area (TPSA) is 67.9 Å². The summed E-state index contributed by atoms with van der Waals surface area (Å²) in [4.78, 5) is 17.0. The maximum absolute atomic E-state index is 14.1. The largest absolute Gasteiger partial charge is 0.351 e. The second-order valence-corrected chi connectivity index (χ2v) is 9.67. The monoisotopic (exact) mass is 457 g/mol. The summed E-state index contributed by atoms with van der Waals surface area (Å²) >= 11 is 1.49. The smallest absolute Gasteiger partial charge is 0.185 e. The number of hydrogen-bond donors (Lipinski definition) is 0. The molecule has 34 heavy (non-hydrogen) atoms. The molecule has 1 fully saturated rings. The zero-order valence-electron chi connectivity index (χ0n) is 18.1. The molecule has 0 spiro atoms. The molecule has 4 nitrogen and oxygen atoms in total. The number of carbonyl (C=O) groups excluding carboxylic acids is 1. The summed E-state index contributed by atoms with van der Waals surface area (Å²) in [5.74, 6) is -0.659. The summed E-state index contributed by atoms with van der Waals surface area (Å²) in [6.07, 6.45) is 3.96. The summed E-state index contributed by atoms with van der Waals surface area (Å²) in [6.45, 7) is 0. The molecule has 1 aromatic heterocycles. The molecule has 0 bridgehead atoms. The Hall–Kier alpha value is -4.19. The van der Waals surface area contributed by atoms with E-state index in [1.54, 1.807) is 0 Å². The summed E-state index contributed by atoms with van der Waals surface area (Å²) in [7, 11) is 0. The fourth-order valence-corrected chi connectivity index (χ4v) is 6.53. The Morgan fingerprint density at radius 3 is 2.41 bits per heavy atom. The quantitative estimate of drug-likeness (QED) is 0.344. The van der Waals surface area contributed by atoms with Crippen molar-refractivity contribution >= 4 is 39.7 Å². The highest BCUT2D eigenvalue weighted by atomic mass is 32.1. The minimum Gasteiger partial charge on any atom is -0.351 e. The number of hydrogen-bond acceptors (Lipinski definition) is 5. The van der Waals surface area contributed by atoms with Crippen molar-refractivity contribution in [1.29, 1.82) is 10.5 Å². The number of nitrogens with zero attached hydrogens (tertiary/aromatic N) is 3. The van der Waals surface area contributed by atoms with E-state index < -0.39 is 23.4 Å². The van der Waals surface area contributed by atoms with Crippen LogP contribution in [0.25, 0.3) is 16.8 Å². The zero-order chi connectivity index (χ0) is 23.3. The molecule has 1 saturated heterocycles. The standard InChI is InChI=1S/C29H19N3OS/c30-17-29(18-31)25-15-13-22-21-10-5-4-7-19(21)12-14-23(22)32(25)27(26(29)24-11-6-16-34-24)28(33)20-8-2-1-3-9-20/h1-16,25-27H. The first-order valence-corrected chi connectivity index (χ1v) is 12.0. The predicted molar refractivity (Wildman–Crippen MR) is 135 cm³/mol. The van der Waals surface area contributed by atoms with Crippen LogP contribution >= 0.6 is 11.3 Å². The molecular formula is C29H19N3OS. The highest BCUT2D eigenvalue weighted by Crippen LogP contribution is 2.56. The van der Waals surface area contributed by atoms with Gasteiger partial charge in [-0.3, -0.25) is 4.79 Å². The summed E-state index contributed by atoms with van der Waals surface area (Å²) in [5, 5.41) is 25.1. The molecule has 0 aliphatic carbocycles. The summed E-state index contributed by atoms with van der Waals surface area (Å²) in [6, 6.07) is 28.8. The second-order valence-electron chi connectivity index (χ2n) is 8.69. The lowest BCUT2D eigenvalue weighted by Gasteiger charge is -2.36. The van der Waals surface area contributed by atoms with Crippen molar-refractivity contribution in [3.8, 4) is 12.1 Å². The Kier molecular flexibility index (Phi) is 4.62. The van der Waals surface area contributed by atoms with E-state index in [0.29, 0.717) is 5.56 Å². The van der Waals surface area contributed by atoms with Gasteiger partial charge in [0.05, 0.1) is 24.1 Å². The Morgan fingerprint density at radius 2 is 1.68 bits per heavy atom. The summed E-state index contributed by atoms with van der Waals surface area (Å²) in [5.41, 5.74) is 1.07. The zero-order valence-corrected chi connectivity index (χ0v) is 18.9. The highest BCUT2D eigenvalue weighted by molar-refractivity contribution is 7.10. The number of Topliss-reactive ketones (excluding diaryl/α,β-unsaturated/α-hetero) is 1. The van der Waals surface area contributed by atoms with Crippen molar-refractivity contribution in [2.24, 2.45) is 5.41 Å². The molecule has 5 heteroatoms. The van der Waals surface area contributed by atoms with Crippen molar-refractivity contribution in [1.82, 2.24) is 0 Å². The average molecular weight is 458 g/mol. The number of rotatable bonds is 3. The molecule has 6 rings (SSSR count). The van der Waals surface area contributed by atoms with Crippen LogP contribution in [0.2, 0.25) is 0 Å². The molecule has 162 valence electrons. The molecule has 0 amide bonds. The van der Waals surface area contributed by atoms with Crippen molar-refractivity contribution < 1.29 is 4.79 Å². The Bertz CT molecular complexity index is 1510. The predicted octanol–water partition coefficient (Wildman–Crippen LogP) is 6.19. The number of fused-ring (bicyclic) bond motifs is 5. The highest BCUT2D eigenvalue weighted by Gasteiger charge is 2.63. The molecule has 3 aromatic carbocycles. The number of anilines is 1. The molecule has 4 aromatic rings. The van der Waals surface area contributed by atoms with E-state index in [9.17, 15) is 15.3 Å². The Morgan fingerprint density at radius 1 is 0.912 bits per heavy atom. The van der Waals surface area contributed by atoms with Gasteiger partial charge in [-0.15, -0.1) is 11.3 Å². The second kappa shape index (κ2) is 7.70. The van der Waals surface area contributed by atoms with Gasteiger partial charge in [0.25, 0.3) is 0 Å². The van der Waals surface area contributed by atoms with E-state index >= 15 is 0 Å². The molecule has 3 atom stereocenters. The van der Waals surface area contributed by atoms with Crippen LogP contribution in [0.15, 0.2) is 90.3 Å². The number of thiophene rings is 1. The van der Waals surface area contributed by atoms with Crippen LogP contribution in [0.3, 0.4) is 0 Å². The van der Waals surface area contributed by atoms with Gasteiger partial charge >= 0.3 is 0 Å². The number of carbonyl (C=O) groups is 1. The van der Waals surface area contributed by atoms with E-state index in [1.807, 2.05) is 89.2 Å². The minimum absolute atomic E-state index is 0.0780. The first-order valence-electron chi connectivity index (χ1n) is 11.1. The van der Waals surface area contributed by atoms with Crippen LogP contribution < -0.4 is 4.90 Å². The van der Waals surface area contributed by atoms with Gasteiger partial charge in [-0.05, 0) is 28.3 Å². The fourth-order valence-electron chi connectivity index (χ4n) is 5.60. The van der Waals surface area contributed by atoms with Gasteiger partial charge in [-0.1, -0.05) is 78.9 Å². The Labute approximate surface area is 201 Å². The summed E-state index contributed by atoms with van der Waals surface area (Å²) < 4.78 is 0. The Balaban J connectivity index is 1.64. The number of ketones is 1. The third-order valence-corrected chi connectivity index (χ3v) is 8.05. The number of benzene rings is 3. The van der Waals surface area contributed by atoms with Gasteiger partial charge in [0.1, 0.15) is 6.04 Å². The number of nitriles is 2. The maximum Gasteiger partial charge on any atom is 0.185 e. The maximum atomic E-state index is 14.1. The fraction of sp³-hybridized carbons (Fsp3) is 0.138. The molecule has 3 heterocycles. The lowest BCUT2D eigenvalue weighted by Crippen LogP contribution is -2.44. The van der Waals surface area contributed by atoms with E-state index in [-0.39, 0.29) is 5.78 Å². The first-order chi connectivity index (χ1) is 16.7.